The fraction of sp³-hybridized carbons (Fsp3) is 0.936. The van der Waals surface area contributed by atoms with Crippen LogP contribution in [0, 0.1) is 0 Å². The van der Waals surface area contributed by atoms with E-state index in [-0.39, 0.29) is 19.1 Å². The van der Waals surface area contributed by atoms with Crippen LogP contribution in [0.1, 0.15) is 232 Å². The number of phosphoric acid groups is 1. The van der Waals surface area contributed by atoms with E-state index in [1.165, 1.54) is 167 Å². The minimum Gasteiger partial charge on any atom is -0.391 e. The lowest BCUT2D eigenvalue weighted by Crippen LogP contribution is -2.46. The molecule has 334 valence electrons. The van der Waals surface area contributed by atoms with Gasteiger partial charge in [-0.05, 0) is 38.5 Å². The van der Waals surface area contributed by atoms with Crippen LogP contribution in [-0.4, -0.2) is 73.4 Å². The Morgan fingerprint density at radius 2 is 0.964 bits per heavy atom. The molecule has 0 aromatic carbocycles. The molecule has 56 heavy (non-hydrogen) atoms. The van der Waals surface area contributed by atoms with Gasteiger partial charge in [0, 0.05) is 6.42 Å². The second-order valence-corrected chi connectivity index (χ2v) is 19.3. The molecule has 3 N–H and O–H groups in total. The van der Waals surface area contributed by atoms with Crippen molar-refractivity contribution in [2.45, 2.75) is 244 Å². The number of rotatable bonds is 44. The van der Waals surface area contributed by atoms with Crippen molar-refractivity contribution >= 4 is 13.7 Å². The Morgan fingerprint density at radius 3 is 1.38 bits per heavy atom. The van der Waals surface area contributed by atoms with Gasteiger partial charge in [-0.15, -0.1) is 0 Å². The number of nitrogens with zero attached hydrogens (tertiary/aromatic N) is 1. The molecular weight excluding hydrogens is 719 g/mol. The summed E-state index contributed by atoms with van der Waals surface area (Å²) in [6, 6.07) is -0.758. The molecule has 0 fully saturated rings. The molecule has 8 nitrogen and oxygen atoms in total. The Balaban J connectivity index is 4.31. The van der Waals surface area contributed by atoms with Gasteiger partial charge in [-0.1, -0.05) is 199 Å². The number of nitrogens with one attached hydrogen (secondary N) is 1. The van der Waals surface area contributed by atoms with Crippen LogP contribution in [0.2, 0.25) is 0 Å². The van der Waals surface area contributed by atoms with Gasteiger partial charge in [0.05, 0.1) is 39.9 Å². The zero-order valence-electron chi connectivity index (χ0n) is 37.9. The number of aliphatic hydroxyl groups is 1. The first kappa shape index (κ1) is 55.2. The van der Waals surface area contributed by atoms with Gasteiger partial charge in [0.25, 0.3) is 0 Å². The van der Waals surface area contributed by atoms with E-state index in [0.29, 0.717) is 23.9 Å². The number of hydrogen-bond donors (Lipinski definition) is 3. The fourth-order valence-corrected chi connectivity index (χ4v) is 7.89. The summed E-state index contributed by atoms with van der Waals surface area (Å²) in [5.74, 6) is -0.147. The first-order chi connectivity index (χ1) is 27.0. The molecular formula is C47H96N2O6P+. The molecule has 0 aromatic rings. The van der Waals surface area contributed by atoms with Crippen molar-refractivity contribution in [3.05, 3.63) is 12.2 Å². The highest BCUT2D eigenvalue weighted by atomic mass is 31.2. The van der Waals surface area contributed by atoms with Crippen LogP contribution in [0.5, 0.6) is 0 Å². The standard InChI is InChI=1S/C47H95N2O6P/c1-6-8-10-12-14-16-18-20-22-24-26-28-30-32-34-36-38-40-46(50)45(44-55-56(52,53)54-43-42-49(3,4)5)48-47(51)41-39-37-35-33-31-29-27-25-23-21-19-17-15-13-11-9-7-2/h21,23,45-46,50H,6-20,22,24-44H2,1-5H3,(H-,48,51,52,53)/p+1/b23-21+/t45-,46+/m0/s1. The van der Waals surface area contributed by atoms with Crippen molar-refractivity contribution in [2.24, 2.45) is 0 Å². The predicted octanol–water partition coefficient (Wildman–Crippen LogP) is 13.5. The van der Waals surface area contributed by atoms with Gasteiger partial charge < -0.3 is 19.8 Å². The first-order valence-corrected chi connectivity index (χ1v) is 25.5. The third-order valence-corrected chi connectivity index (χ3v) is 12.0. The number of carbonyl (C=O) groups excluding carboxylic acids is 1. The molecule has 0 rings (SSSR count). The second-order valence-electron chi connectivity index (χ2n) is 17.8. The minimum atomic E-state index is -4.31. The second kappa shape index (κ2) is 39.7. The van der Waals surface area contributed by atoms with Gasteiger partial charge in [0.1, 0.15) is 13.2 Å². The molecule has 0 radical (unpaired) electrons. The van der Waals surface area contributed by atoms with Crippen LogP contribution in [0.15, 0.2) is 12.2 Å². The molecule has 1 amide bonds. The van der Waals surface area contributed by atoms with Crippen LogP contribution in [0.25, 0.3) is 0 Å². The SMILES string of the molecule is CCCCCCCC/C=C/CCCCCCCCCC(=O)N[C@@H](COP(=O)(O)OCC[N+](C)(C)C)[C@H](O)CCCCCCCCCCCCCCCCCCC. The average molecular weight is 816 g/mol. The van der Waals surface area contributed by atoms with Crippen LogP contribution in [-0.2, 0) is 18.4 Å². The Kier molecular flexibility index (Phi) is 39.1. The van der Waals surface area contributed by atoms with E-state index in [4.69, 9.17) is 9.05 Å². The summed E-state index contributed by atoms with van der Waals surface area (Å²) in [6.45, 7) is 4.90. The van der Waals surface area contributed by atoms with E-state index in [1.54, 1.807) is 0 Å². The third kappa shape index (κ3) is 41.4. The van der Waals surface area contributed by atoms with Crippen molar-refractivity contribution in [1.82, 2.24) is 5.32 Å². The maximum atomic E-state index is 12.9. The molecule has 0 bridgehead atoms. The number of quaternary nitrogens is 1. The number of hydrogen-bond acceptors (Lipinski definition) is 5. The number of aliphatic hydroxyl groups excluding tert-OH is 1. The number of amides is 1. The lowest BCUT2D eigenvalue weighted by Gasteiger charge is -2.26. The molecule has 0 saturated carbocycles. The summed E-state index contributed by atoms with van der Waals surface area (Å²) in [7, 11) is 1.62. The van der Waals surface area contributed by atoms with Gasteiger partial charge in [-0.2, -0.15) is 0 Å². The molecule has 0 aliphatic rings. The van der Waals surface area contributed by atoms with Gasteiger partial charge in [-0.3, -0.25) is 13.8 Å². The fourth-order valence-electron chi connectivity index (χ4n) is 7.16. The van der Waals surface area contributed by atoms with E-state index in [9.17, 15) is 19.4 Å². The van der Waals surface area contributed by atoms with E-state index in [2.05, 4.69) is 31.3 Å². The smallest absolute Gasteiger partial charge is 0.391 e. The van der Waals surface area contributed by atoms with Gasteiger partial charge in [-0.25, -0.2) is 4.57 Å². The monoisotopic (exact) mass is 816 g/mol. The minimum absolute atomic E-state index is 0.0759. The summed E-state index contributed by atoms with van der Waals surface area (Å²) in [6.07, 6.45) is 45.2. The van der Waals surface area contributed by atoms with Crippen molar-refractivity contribution in [3.63, 3.8) is 0 Å². The largest absolute Gasteiger partial charge is 0.472 e. The molecule has 0 aromatic heterocycles. The van der Waals surface area contributed by atoms with Crippen molar-refractivity contribution in [2.75, 3.05) is 40.9 Å². The number of likely N-dealkylation sites (N-methyl/N-ethyl adjacent to an activating group) is 1. The number of carbonyl (C=O) groups is 1. The molecule has 1 unspecified atom stereocenters. The lowest BCUT2D eigenvalue weighted by atomic mass is 10.0. The summed E-state index contributed by atoms with van der Waals surface area (Å²) in [4.78, 5) is 23.2. The van der Waals surface area contributed by atoms with Crippen LogP contribution >= 0.6 is 7.82 Å². The zero-order chi connectivity index (χ0) is 41.4. The normalized spacial score (nSPS) is 14.3. The van der Waals surface area contributed by atoms with Crippen molar-refractivity contribution in [1.29, 1.82) is 0 Å². The Morgan fingerprint density at radius 1 is 0.589 bits per heavy atom. The Bertz CT molecular complexity index is 927. The van der Waals surface area contributed by atoms with Crippen molar-refractivity contribution < 1.29 is 32.9 Å². The number of allylic oxidation sites excluding steroid dienone is 2. The number of phosphoric ester groups is 1. The molecule has 0 saturated heterocycles. The molecule has 9 heteroatoms. The van der Waals surface area contributed by atoms with Crippen LogP contribution in [0.4, 0.5) is 0 Å². The molecule has 0 aliphatic carbocycles. The maximum absolute atomic E-state index is 12.9. The lowest BCUT2D eigenvalue weighted by molar-refractivity contribution is -0.870. The Labute approximate surface area is 348 Å². The van der Waals surface area contributed by atoms with E-state index >= 15 is 0 Å². The van der Waals surface area contributed by atoms with Crippen molar-refractivity contribution in [3.8, 4) is 0 Å². The summed E-state index contributed by atoms with van der Waals surface area (Å²) in [5, 5.41) is 14.0. The van der Waals surface area contributed by atoms with Crippen LogP contribution < -0.4 is 5.32 Å². The summed E-state index contributed by atoms with van der Waals surface area (Å²) in [5.41, 5.74) is 0. The van der Waals surface area contributed by atoms with Gasteiger partial charge in [0.2, 0.25) is 5.91 Å². The molecule has 0 aliphatic heterocycles. The highest BCUT2D eigenvalue weighted by Crippen LogP contribution is 2.43. The maximum Gasteiger partial charge on any atom is 0.472 e. The number of unbranched alkanes of at least 4 members (excludes halogenated alkanes) is 29. The highest BCUT2D eigenvalue weighted by Gasteiger charge is 2.28. The van der Waals surface area contributed by atoms with Crippen LogP contribution in [0.3, 0.4) is 0 Å². The van der Waals surface area contributed by atoms with Gasteiger partial charge >= 0.3 is 7.82 Å². The third-order valence-electron chi connectivity index (χ3n) is 11.0. The summed E-state index contributed by atoms with van der Waals surface area (Å²) >= 11 is 0. The average Bonchev–Trinajstić information content (AvgIpc) is 3.15. The van der Waals surface area contributed by atoms with Gasteiger partial charge in [0.15, 0.2) is 0 Å². The highest BCUT2D eigenvalue weighted by molar-refractivity contribution is 7.47. The van der Waals surface area contributed by atoms with E-state index in [0.717, 1.165) is 38.5 Å². The molecule has 0 spiro atoms. The summed E-state index contributed by atoms with van der Waals surface area (Å²) < 4.78 is 23.7. The topological polar surface area (TPSA) is 105 Å². The quantitative estimate of drug-likeness (QED) is 0.0245. The van der Waals surface area contributed by atoms with E-state index in [1.807, 2.05) is 21.1 Å². The zero-order valence-corrected chi connectivity index (χ0v) is 38.8. The molecule has 3 atom stereocenters. The molecule has 0 heterocycles. The van der Waals surface area contributed by atoms with E-state index < -0.39 is 20.0 Å². The Hall–Kier alpha value is -0.760. The first-order valence-electron chi connectivity index (χ1n) is 24.1. The predicted molar refractivity (Wildman–Crippen MR) is 240 cm³/mol.